The lowest BCUT2D eigenvalue weighted by molar-refractivity contribution is 0.0298. The van der Waals surface area contributed by atoms with E-state index in [1.54, 1.807) is 13.2 Å². The highest BCUT2D eigenvalue weighted by atomic mass is 16.6. The Bertz CT molecular complexity index is 437. The van der Waals surface area contributed by atoms with Gasteiger partial charge in [0.05, 0.1) is 0 Å². The monoisotopic (exact) mass is 282 g/mol. The van der Waals surface area contributed by atoms with Gasteiger partial charge in [-0.1, -0.05) is 0 Å². The fourth-order valence-corrected chi connectivity index (χ4v) is 1.41. The van der Waals surface area contributed by atoms with Gasteiger partial charge in [-0.2, -0.15) is 0 Å². The molecular weight excluding hydrogens is 260 g/mol. The topological polar surface area (TPSA) is 76.5 Å². The molecule has 0 saturated heterocycles. The van der Waals surface area contributed by atoms with E-state index in [2.05, 4.69) is 10.3 Å². The SMILES string of the molecule is CN(CCCNC(=O)n1ccnc1)C(=O)OC(C)(C)C. The Morgan fingerprint density at radius 2 is 2.10 bits per heavy atom. The molecule has 1 aromatic heterocycles. The van der Waals surface area contributed by atoms with E-state index in [1.807, 2.05) is 20.8 Å². The number of amides is 2. The first-order chi connectivity index (χ1) is 9.29. The van der Waals surface area contributed by atoms with Gasteiger partial charge in [-0.25, -0.2) is 14.6 Å². The minimum Gasteiger partial charge on any atom is -0.444 e. The second-order valence-electron chi connectivity index (χ2n) is 5.46. The van der Waals surface area contributed by atoms with Crippen molar-refractivity contribution in [2.45, 2.75) is 32.8 Å². The maximum atomic E-state index is 11.7. The first kappa shape index (κ1) is 16.0. The second-order valence-corrected chi connectivity index (χ2v) is 5.46. The highest BCUT2D eigenvalue weighted by molar-refractivity contribution is 5.76. The van der Waals surface area contributed by atoms with Crippen LogP contribution >= 0.6 is 0 Å². The van der Waals surface area contributed by atoms with E-state index in [0.29, 0.717) is 19.5 Å². The molecule has 0 saturated carbocycles. The normalized spacial score (nSPS) is 11.0. The quantitative estimate of drug-likeness (QED) is 0.853. The van der Waals surface area contributed by atoms with E-state index in [0.717, 1.165) is 0 Å². The van der Waals surface area contributed by atoms with Crippen molar-refractivity contribution in [3.63, 3.8) is 0 Å². The Kier molecular flexibility index (Phi) is 5.54. The van der Waals surface area contributed by atoms with E-state index in [1.165, 1.54) is 22.0 Å². The van der Waals surface area contributed by atoms with Crippen LogP contribution in [-0.4, -0.2) is 52.3 Å². The molecule has 7 heteroatoms. The van der Waals surface area contributed by atoms with Crippen LogP contribution in [0.5, 0.6) is 0 Å². The lowest BCUT2D eigenvalue weighted by Gasteiger charge is -2.24. The van der Waals surface area contributed by atoms with Gasteiger partial charge in [-0.3, -0.25) is 4.57 Å². The van der Waals surface area contributed by atoms with Crippen molar-refractivity contribution in [2.75, 3.05) is 20.1 Å². The number of hydrogen-bond donors (Lipinski definition) is 1. The number of imidazole rings is 1. The van der Waals surface area contributed by atoms with Gasteiger partial charge < -0.3 is 15.0 Å². The van der Waals surface area contributed by atoms with Gasteiger partial charge in [0.1, 0.15) is 11.9 Å². The molecule has 0 radical (unpaired) electrons. The fraction of sp³-hybridized carbons (Fsp3) is 0.615. The molecular formula is C13H22N4O3. The summed E-state index contributed by atoms with van der Waals surface area (Å²) in [6.45, 7) is 6.46. The Hall–Kier alpha value is -2.05. The molecule has 112 valence electrons. The summed E-state index contributed by atoms with van der Waals surface area (Å²) < 4.78 is 6.58. The number of carbonyl (C=O) groups excluding carboxylic acids is 2. The van der Waals surface area contributed by atoms with Gasteiger partial charge in [0.25, 0.3) is 0 Å². The van der Waals surface area contributed by atoms with Crippen molar-refractivity contribution < 1.29 is 14.3 Å². The van der Waals surface area contributed by atoms with Crippen molar-refractivity contribution in [3.8, 4) is 0 Å². The summed E-state index contributed by atoms with van der Waals surface area (Å²) in [7, 11) is 1.67. The molecule has 0 unspecified atom stereocenters. The van der Waals surface area contributed by atoms with Crippen LogP contribution in [-0.2, 0) is 4.74 Å². The molecule has 0 bridgehead atoms. The van der Waals surface area contributed by atoms with Crippen molar-refractivity contribution in [1.82, 2.24) is 19.8 Å². The standard InChI is InChI=1S/C13H22N4O3/c1-13(2,3)20-12(19)16(4)8-5-6-15-11(18)17-9-7-14-10-17/h7,9-10H,5-6,8H2,1-4H3,(H,15,18). The number of aromatic nitrogens is 2. The smallest absolute Gasteiger partial charge is 0.410 e. The van der Waals surface area contributed by atoms with Crippen molar-refractivity contribution in [3.05, 3.63) is 18.7 Å². The van der Waals surface area contributed by atoms with Gasteiger partial charge in [0.2, 0.25) is 0 Å². The number of hydrogen-bond acceptors (Lipinski definition) is 4. The molecule has 20 heavy (non-hydrogen) atoms. The molecule has 7 nitrogen and oxygen atoms in total. The minimum absolute atomic E-state index is 0.234. The van der Waals surface area contributed by atoms with Gasteiger partial charge in [0, 0.05) is 32.5 Å². The largest absolute Gasteiger partial charge is 0.444 e. The van der Waals surface area contributed by atoms with Crippen LogP contribution in [0.2, 0.25) is 0 Å². The highest BCUT2D eigenvalue weighted by Crippen LogP contribution is 2.08. The summed E-state index contributed by atoms with van der Waals surface area (Å²) in [5.41, 5.74) is -0.499. The molecule has 0 aromatic carbocycles. The fourth-order valence-electron chi connectivity index (χ4n) is 1.41. The molecule has 1 heterocycles. The lowest BCUT2D eigenvalue weighted by atomic mass is 10.2. The average molecular weight is 282 g/mol. The van der Waals surface area contributed by atoms with Crippen LogP contribution in [0, 0.1) is 0 Å². The minimum atomic E-state index is -0.499. The average Bonchev–Trinajstić information content (AvgIpc) is 2.85. The Morgan fingerprint density at radius 3 is 2.65 bits per heavy atom. The Balaban J connectivity index is 2.21. The molecule has 1 N–H and O–H groups in total. The number of nitrogens with zero attached hydrogens (tertiary/aromatic N) is 3. The number of ether oxygens (including phenoxy) is 1. The highest BCUT2D eigenvalue weighted by Gasteiger charge is 2.19. The zero-order valence-electron chi connectivity index (χ0n) is 12.4. The second kappa shape index (κ2) is 6.93. The lowest BCUT2D eigenvalue weighted by Crippen LogP contribution is -2.36. The van der Waals surface area contributed by atoms with Crippen LogP contribution in [0.15, 0.2) is 18.7 Å². The first-order valence-electron chi connectivity index (χ1n) is 6.50. The maximum absolute atomic E-state index is 11.7. The van der Waals surface area contributed by atoms with Crippen LogP contribution in [0.1, 0.15) is 27.2 Å². The van der Waals surface area contributed by atoms with Gasteiger partial charge in [0.15, 0.2) is 0 Å². The summed E-state index contributed by atoms with van der Waals surface area (Å²) in [6.07, 6.45) is 4.83. The van der Waals surface area contributed by atoms with Crippen LogP contribution in [0.3, 0.4) is 0 Å². The van der Waals surface area contributed by atoms with Crippen molar-refractivity contribution >= 4 is 12.1 Å². The van der Waals surface area contributed by atoms with Crippen LogP contribution in [0.4, 0.5) is 9.59 Å². The summed E-state index contributed by atoms with van der Waals surface area (Å²) >= 11 is 0. The molecule has 0 atom stereocenters. The summed E-state index contributed by atoms with van der Waals surface area (Å²) in [6, 6.07) is -0.234. The predicted molar refractivity (Wildman–Crippen MR) is 74.5 cm³/mol. The number of nitrogens with one attached hydrogen (secondary N) is 1. The summed E-state index contributed by atoms with van der Waals surface area (Å²) in [4.78, 5) is 28.5. The van der Waals surface area contributed by atoms with Crippen LogP contribution in [0.25, 0.3) is 0 Å². The van der Waals surface area contributed by atoms with Gasteiger partial charge in [-0.15, -0.1) is 0 Å². The van der Waals surface area contributed by atoms with Crippen molar-refractivity contribution in [1.29, 1.82) is 0 Å². The molecule has 0 spiro atoms. The first-order valence-corrected chi connectivity index (χ1v) is 6.50. The number of carbonyl (C=O) groups is 2. The molecule has 0 aliphatic carbocycles. The third kappa shape index (κ3) is 5.73. The molecule has 1 aromatic rings. The van der Waals surface area contributed by atoms with Crippen LogP contribution < -0.4 is 5.32 Å². The van der Waals surface area contributed by atoms with E-state index in [9.17, 15) is 9.59 Å². The number of rotatable bonds is 4. The molecule has 0 fully saturated rings. The Labute approximate surface area is 118 Å². The van der Waals surface area contributed by atoms with Crippen molar-refractivity contribution in [2.24, 2.45) is 0 Å². The predicted octanol–water partition coefficient (Wildman–Crippen LogP) is 1.70. The van der Waals surface area contributed by atoms with Gasteiger partial charge >= 0.3 is 12.1 Å². The van der Waals surface area contributed by atoms with E-state index in [4.69, 9.17) is 4.74 Å². The van der Waals surface area contributed by atoms with Gasteiger partial charge in [-0.05, 0) is 27.2 Å². The molecule has 2 amide bonds. The zero-order valence-corrected chi connectivity index (χ0v) is 12.4. The summed E-state index contributed by atoms with van der Waals surface area (Å²) in [5.74, 6) is 0. The third-order valence-corrected chi connectivity index (χ3v) is 2.39. The Morgan fingerprint density at radius 1 is 1.40 bits per heavy atom. The van der Waals surface area contributed by atoms with E-state index in [-0.39, 0.29) is 12.1 Å². The van der Waals surface area contributed by atoms with E-state index < -0.39 is 5.60 Å². The zero-order chi connectivity index (χ0) is 15.2. The molecule has 1 rings (SSSR count). The van der Waals surface area contributed by atoms with E-state index >= 15 is 0 Å². The molecule has 0 aliphatic heterocycles. The third-order valence-electron chi connectivity index (χ3n) is 2.39. The summed E-state index contributed by atoms with van der Waals surface area (Å²) in [5, 5.41) is 2.73. The molecule has 0 aliphatic rings. The maximum Gasteiger partial charge on any atom is 0.410 e.